The summed E-state index contributed by atoms with van der Waals surface area (Å²) in [6, 6.07) is 20.6. The maximum atomic E-state index is 14.3. The molecule has 0 saturated heterocycles. The van der Waals surface area contributed by atoms with Crippen molar-refractivity contribution >= 4 is 35.0 Å². The maximum absolute atomic E-state index is 14.3. The number of aliphatic hydroxyl groups excluding tert-OH is 1. The molecule has 0 aromatic heterocycles. The van der Waals surface area contributed by atoms with Gasteiger partial charge in [0.1, 0.15) is 5.75 Å². The Morgan fingerprint density at radius 1 is 1.13 bits per heavy atom. The zero-order chi connectivity index (χ0) is 26.7. The molecule has 0 fully saturated rings. The number of carbonyl (C=O) groups excluding carboxylic acids is 1. The fourth-order valence-corrected chi connectivity index (χ4v) is 5.50. The van der Waals surface area contributed by atoms with Crippen molar-refractivity contribution < 1.29 is 19.4 Å². The van der Waals surface area contributed by atoms with Crippen LogP contribution in [0.25, 0.3) is 0 Å². The number of aliphatic imine (C=N–C) groups is 1. The maximum Gasteiger partial charge on any atom is 0.255 e. The monoisotopic (exact) mass is 550 g/mol. The predicted octanol–water partition coefficient (Wildman–Crippen LogP) is 5.78. The van der Waals surface area contributed by atoms with Gasteiger partial charge in [0.25, 0.3) is 5.91 Å². The lowest BCUT2D eigenvalue weighted by molar-refractivity contribution is -0.139. The largest absolute Gasteiger partial charge is 0.494 e. The van der Waals surface area contributed by atoms with Crippen molar-refractivity contribution in [3.8, 4) is 5.75 Å². The Hall–Kier alpha value is -3.32. The highest BCUT2D eigenvalue weighted by molar-refractivity contribution is 6.35. The molecule has 5 rings (SSSR count). The highest BCUT2D eigenvalue weighted by Crippen LogP contribution is 2.47. The summed E-state index contributed by atoms with van der Waals surface area (Å²) in [5.74, 6) is 0.877. The highest BCUT2D eigenvalue weighted by atomic mass is 35.5. The summed E-state index contributed by atoms with van der Waals surface area (Å²) < 4.78 is 12.2. The Balaban J connectivity index is 1.62. The molecule has 0 radical (unpaired) electrons. The first kappa shape index (κ1) is 26.3. The van der Waals surface area contributed by atoms with Crippen LogP contribution in [0.4, 0.5) is 0 Å². The lowest BCUT2D eigenvalue weighted by atomic mass is 9.82. The Kier molecular flexibility index (Phi) is 7.75. The van der Waals surface area contributed by atoms with Gasteiger partial charge >= 0.3 is 0 Å². The van der Waals surface area contributed by atoms with E-state index in [1.54, 1.807) is 29.2 Å². The fraction of sp³-hybridized carbons (Fsp3) is 0.267. The number of nitrogens with zero attached hydrogens (tertiary/aromatic N) is 2. The van der Waals surface area contributed by atoms with Gasteiger partial charge in [-0.15, -0.1) is 6.58 Å². The molecule has 0 aliphatic carbocycles. The number of fused-ring (bicyclic) bond motifs is 1. The molecule has 8 heteroatoms. The third-order valence-electron chi connectivity index (χ3n) is 6.83. The summed E-state index contributed by atoms with van der Waals surface area (Å²) in [6.45, 7) is 5.18. The van der Waals surface area contributed by atoms with E-state index in [0.29, 0.717) is 65.4 Å². The van der Waals surface area contributed by atoms with Gasteiger partial charge in [0.2, 0.25) is 5.90 Å². The molecule has 1 spiro atoms. The minimum absolute atomic E-state index is 0.0689. The quantitative estimate of drug-likeness (QED) is 0.285. The molecule has 1 N–H and O–H groups in total. The van der Waals surface area contributed by atoms with Crippen LogP contribution in [-0.2, 0) is 22.5 Å². The van der Waals surface area contributed by atoms with E-state index in [2.05, 4.69) is 6.58 Å². The summed E-state index contributed by atoms with van der Waals surface area (Å²) in [5.41, 5.74) is 2.17. The van der Waals surface area contributed by atoms with E-state index in [1.165, 1.54) is 0 Å². The Bertz CT molecular complexity index is 1370. The second kappa shape index (κ2) is 11.2. The lowest BCUT2D eigenvalue weighted by Crippen LogP contribution is -2.50. The minimum atomic E-state index is -1.28. The molecule has 0 bridgehead atoms. The Morgan fingerprint density at radius 2 is 1.89 bits per heavy atom. The molecule has 2 atom stereocenters. The second-order valence-corrected chi connectivity index (χ2v) is 10.2. The number of hydrogen-bond donors (Lipinski definition) is 1. The predicted molar refractivity (Wildman–Crippen MR) is 149 cm³/mol. The molecule has 3 aromatic carbocycles. The Morgan fingerprint density at radius 3 is 2.61 bits per heavy atom. The van der Waals surface area contributed by atoms with Gasteiger partial charge in [-0.1, -0.05) is 59.6 Å². The number of ether oxygens (including phenoxy) is 2. The SMILES string of the molecule is C=CCN1Cc2ccccc2C[C@@]2(N=C(c3ccc(OCCCO)cc3)O[C@H]2c2ccc(Cl)cc2Cl)C1=O. The molecule has 196 valence electrons. The average molecular weight is 551 g/mol. The molecular weight excluding hydrogens is 523 g/mol. The van der Waals surface area contributed by atoms with Crippen molar-refractivity contribution in [2.75, 3.05) is 19.8 Å². The van der Waals surface area contributed by atoms with Gasteiger partial charge < -0.3 is 19.5 Å². The molecule has 2 heterocycles. The summed E-state index contributed by atoms with van der Waals surface area (Å²) in [4.78, 5) is 21.2. The molecule has 0 saturated carbocycles. The average Bonchev–Trinajstić information content (AvgIpc) is 3.24. The first-order chi connectivity index (χ1) is 18.4. The molecule has 1 amide bonds. The molecule has 2 aliphatic rings. The normalized spacial score (nSPS) is 20.5. The van der Waals surface area contributed by atoms with Crippen LogP contribution in [0.5, 0.6) is 5.75 Å². The molecule has 3 aromatic rings. The van der Waals surface area contributed by atoms with Crippen LogP contribution in [0.2, 0.25) is 10.0 Å². The smallest absolute Gasteiger partial charge is 0.255 e. The van der Waals surface area contributed by atoms with Crippen LogP contribution in [-0.4, -0.2) is 47.1 Å². The molecular formula is C30H28Cl2N2O4. The van der Waals surface area contributed by atoms with E-state index in [4.69, 9.17) is 42.8 Å². The third-order valence-corrected chi connectivity index (χ3v) is 7.39. The van der Waals surface area contributed by atoms with Crippen LogP contribution in [0, 0.1) is 0 Å². The number of halogens is 2. The standard InChI is InChI=1S/C30H28Cl2N2O4/c1-2-14-34-19-22-7-4-3-6-21(22)18-30(29(34)36)27(25-13-10-23(31)17-26(25)32)38-28(33-30)20-8-11-24(12-9-20)37-16-5-15-35/h2-4,6-13,17,27,35H,1,5,14-16,18-19H2/t27-,30-/m0/s1. The molecule has 0 unspecified atom stereocenters. The van der Waals surface area contributed by atoms with Crippen LogP contribution in [0.15, 0.2) is 84.4 Å². The van der Waals surface area contributed by atoms with Crippen LogP contribution in [0.3, 0.4) is 0 Å². The van der Waals surface area contributed by atoms with Gasteiger partial charge in [-0.2, -0.15) is 0 Å². The van der Waals surface area contributed by atoms with Gasteiger partial charge in [0.05, 0.1) is 6.61 Å². The van der Waals surface area contributed by atoms with Crippen molar-refractivity contribution in [2.45, 2.75) is 31.0 Å². The van der Waals surface area contributed by atoms with E-state index in [1.807, 2.05) is 48.5 Å². The van der Waals surface area contributed by atoms with Gasteiger partial charge in [-0.25, -0.2) is 4.99 Å². The van der Waals surface area contributed by atoms with Gasteiger partial charge in [-0.3, -0.25) is 4.79 Å². The summed E-state index contributed by atoms with van der Waals surface area (Å²) in [5, 5.41) is 9.90. The minimum Gasteiger partial charge on any atom is -0.494 e. The van der Waals surface area contributed by atoms with Crippen molar-refractivity contribution in [3.05, 3.63) is 112 Å². The molecule has 38 heavy (non-hydrogen) atoms. The summed E-state index contributed by atoms with van der Waals surface area (Å²) in [6.07, 6.45) is 1.85. The number of benzene rings is 3. The van der Waals surface area contributed by atoms with Crippen LogP contribution >= 0.6 is 23.2 Å². The summed E-state index contributed by atoms with van der Waals surface area (Å²) >= 11 is 12.9. The second-order valence-electron chi connectivity index (χ2n) is 9.37. The van der Waals surface area contributed by atoms with Crippen molar-refractivity contribution in [1.82, 2.24) is 4.90 Å². The first-order valence-corrected chi connectivity index (χ1v) is 13.2. The van der Waals surface area contributed by atoms with E-state index in [-0.39, 0.29) is 12.5 Å². The van der Waals surface area contributed by atoms with Crippen molar-refractivity contribution in [1.29, 1.82) is 0 Å². The third kappa shape index (κ3) is 5.04. The topological polar surface area (TPSA) is 71.4 Å². The zero-order valence-corrected chi connectivity index (χ0v) is 22.3. The highest BCUT2D eigenvalue weighted by Gasteiger charge is 2.56. The number of carbonyl (C=O) groups is 1. The van der Waals surface area contributed by atoms with E-state index < -0.39 is 11.6 Å². The Labute approximate surface area is 232 Å². The number of hydrogen-bond acceptors (Lipinski definition) is 5. The van der Waals surface area contributed by atoms with E-state index >= 15 is 0 Å². The van der Waals surface area contributed by atoms with Crippen LogP contribution in [0.1, 0.15) is 34.8 Å². The first-order valence-electron chi connectivity index (χ1n) is 12.5. The van der Waals surface area contributed by atoms with E-state index in [0.717, 1.165) is 11.1 Å². The zero-order valence-electron chi connectivity index (χ0n) is 20.8. The van der Waals surface area contributed by atoms with Crippen molar-refractivity contribution in [2.24, 2.45) is 4.99 Å². The van der Waals surface area contributed by atoms with Gasteiger partial charge in [0.15, 0.2) is 11.6 Å². The molecule has 6 nitrogen and oxygen atoms in total. The summed E-state index contributed by atoms with van der Waals surface area (Å²) in [7, 11) is 0. The van der Waals surface area contributed by atoms with Crippen molar-refractivity contribution in [3.63, 3.8) is 0 Å². The fourth-order valence-electron chi connectivity index (χ4n) is 4.99. The van der Waals surface area contributed by atoms with Gasteiger partial charge in [0, 0.05) is 53.7 Å². The number of rotatable bonds is 8. The number of amides is 1. The van der Waals surface area contributed by atoms with Crippen LogP contribution < -0.4 is 4.74 Å². The molecule has 2 aliphatic heterocycles. The lowest BCUT2D eigenvalue weighted by Gasteiger charge is -2.33. The van der Waals surface area contributed by atoms with Gasteiger partial charge in [-0.05, 0) is 47.5 Å². The number of aliphatic hydroxyl groups is 1. The van der Waals surface area contributed by atoms with E-state index in [9.17, 15) is 4.79 Å².